The third kappa shape index (κ3) is 6.37. The molecule has 0 radical (unpaired) electrons. The van der Waals surface area contributed by atoms with Crippen LogP contribution in [-0.4, -0.2) is 23.0 Å². The van der Waals surface area contributed by atoms with E-state index in [1.54, 1.807) is 6.08 Å². The maximum atomic E-state index is 10.3. The van der Waals surface area contributed by atoms with Crippen molar-refractivity contribution in [3.63, 3.8) is 0 Å². The van der Waals surface area contributed by atoms with Gasteiger partial charge in [0.1, 0.15) is 6.61 Å². The molecule has 0 bridgehead atoms. The zero-order valence-corrected chi connectivity index (χ0v) is 9.42. The van der Waals surface area contributed by atoms with Crippen LogP contribution in [0.1, 0.15) is 5.56 Å². The van der Waals surface area contributed by atoms with E-state index in [0.29, 0.717) is 0 Å². The Morgan fingerprint density at radius 2 is 1.88 bits per heavy atom. The first-order valence-electron chi connectivity index (χ1n) is 4.61. The summed E-state index contributed by atoms with van der Waals surface area (Å²) in [5, 5.41) is 0. The predicted octanol–water partition coefficient (Wildman–Crippen LogP) is 1.78. The van der Waals surface area contributed by atoms with Gasteiger partial charge >= 0.3 is 7.82 Å². The molecule has 0 amide bonds. The fourth-order valence-electron chi connectivity index (χ4n) is 0.963. The van der Waals surface area contributed by atoms with Crippen LogP contribution < -0.4 is 0 Å². The molecular weight excluding hydrogens is 231 g/mol. The first-order chi connectivity index (χ1) is 7.58. The van der Waals surface area contributed by atoms with Gasteiger partial charge in [-0.2, -0.15) is 0 Å². The Hall–Kier alpha value is -1.13. The zero-order valence-electron chi connectivity index (χ0n) is 8.52. The van der Waals surface area contributed by atoms with Gasteiger partial charge in [0.05, 0.1) is 12.9 Å². The van der Waals surface area contributed by atoms with E-state index in [0.717, 1.165) is 5.56 Å². The lowest BCUT2D eigenvalue weighted by Crippen LogP contribution is -1.99. The molecule has 0 saturated heterocycles. The second-order valence-corrected chi connectivity index (χ2v) is 4.15. The largest absolute Gasteiger partial charge is 0.499 e. The molecule has 5 nitrogen and oxygen atoms in total. The first-order valence-corrected chi connectivity index (χ1v) is 6.14. The van der Waals surface area contributed by atoms with Crippen molar-refractivity contribution in [2.45, 2.75) is 0 Å². The Kier molecular flexibility index (Phi) is 5.22. The summed E-state index contributed by atoms with van der Waals surface area (Å²) >= 11 is 0. The highest BCUT2D eigenvalue weighted by atomic mass is 31.2. The highest BCUT2D eigenvalue weighted by Crippen LogP contribution is 2.35. The fourth-order valence-corrected chi connectivity index (χ4v) is 1.28. The summed E-state index contributed by atoms with van der Waals surface area (Å²) in [6, 6.07) is 9.53. The second-order valence-electron chi connectivity index (χ2n) is 2.91. The normalized spacial score (nSPS) is 11.9. The maximum Gasteiger partial charge on any atom is 0.469 e. The van der Waals surface area contributed by atoms with Crippen molar-refractivity contribution >= 4 is 13.9 Å². The van der Waals surface area contributed by atoms with E-state index in [1.165, 1.54) is 6.26 Å². The summed E-state index contributed by atoms with van der Waals surface area (Å²) in [6.07, 6.45) is 3.20. The zero-order chi connectivity index (χ0) is 11.9. The Labute approximate surface area is 93.6 Å². The Morgan fingerprint density at radius 3 is 2.50 bits per heavy atom. The molecule has 6 heteroatoms. The van der Waals surface area contributed by atoms with Gasteiger partial charge in [0, 0.05) is 0 Å². The van der Waals surface area contributed by atoms with Crippen molar-refractivity contribution in [2.75, 3.05) is 13.2 Å². The van der Waals surface area contributed by atoms with Gasteiger partial charge in [-0.15, -0.1) is 0 Å². The lowest BCUT2D eigenvalue weighted by atomic mass is 10.2. The average Bonchev–Trinajstić information content (AvgIpc) is 2.23. The molecule has 0 fully saturated rings. The van der Waals surface area contributed by atoms with Gasteiger partial charge in [-0.1, -0.05) is 30.3 Å². The second kappa shape index (κ2) is 6.45. The van der Waals surface area contributed by atoms with Crippen molar-refractivity contribution < 1.29 is 23.6 Å². The molecule has 16 heavy (non-hydrogen) atoms. The lowest BCUT2D eigenvalue weighted by molar-refractivity contribution is 0.141. The number of hydrogen-bond acceptors (Lipinski definition) is 3. The highest BCUT2D eigenvalue weighted by Gasteiger charge is 2.12. The Bertz CT molecular complexity index is 370. The van der Waals surface area contributed by atoms with Crippen LogP contribution in [0, 0.1) is 0 Å². The first kappa shape index (κ1) is 12.9. The van der Waals surface area contributed by atoms with Crippen LogP contribution >= 0.6 is 7.82 Å². The molecule has 88 valence electrons. The van der Waals surface area contributed by atoms with E-state index < -0.39 is 7.82 Å². The van der Waals surface area contributed by atoms with Gasteiger partial charge in [0.2, 0.25) is 0 Å². The summed E-state index contributed by atoms with van der Waals surface area (Å²) in [7, 11) is -4.38. The molecule has 0 unspecified atom stereocenters. The minimum Gasteiger partial charge on any atom is -0.499 e. The molecule has 1 rings (SSSR count). The van der Waals surface area contributed by atoms with Crippen LogP contribution in [0.15, 0.2) is 36.6 Å². The van der Waals surface area contributed by atoms with E-state index in [2.05, 4.69) is 4.52 Å². The Morgan fingerprint density at radius 1 is 1.19 bits per heavy atom. The topological polar surface area (TPSA) is 76.0 Å². The molecule has 0 heterocycles. The molecule has 0 atom stereocenters. The van der Waals surface area contributed by atoms with Crippen LogP contribution in [0.3, 0.4) is 0 Å². The van der Waals surface area contributed by atoms with Gasteiger partial charge in [-0.05, 0) is 11.6 Å². The van der Waals surface area contributed by atoms with Crippen LogP contribution in [-0.2, 0) is 13.8 Å². The van der Waals surface area contributed by atoms with Crippen molar-refractivity contribution in [2.24, 2.45) is 0 Å². The lowest BCUT2D eigenvalue weighted by Gasteiger charge is -2.04. The van der Waals surface area contributed by atoms with E-state index in [4.69, 9.17) is 14.5 Å². The smallest absolute Gasteiger partial charge is 0.469 e. The summed E-state index contributed by atoms with van der Waals surface area (Å²) in [4.78, 5) is 16.7. The van der Waals surface area contributed by atoms with E-state index >= 15 is 0 Å². The number of ether oxygens (including phenoxy) is 1. The molecule has 1 aromatic rings. The van der Waals surface area contributed by atoms with Crippen molar-refractivity contribution in [3.8, 4) is 0 Å². The van der Waals surface area contributed by atoms with E-state index in [1.807, 2.05) is 30.3 Å². The average molecular weight is 244 g/mol. The molecule has 2 N–H and O–H groups in total. The van der Waals surface area contributed by atoms with Gasteiger partial charge in [-0.25, -0.2) is 4.57 Å². The van der Waals surface area contributed by atoms with Crippen molar-refractivity contribution in [1.82, 2.24) is 0 Å². The van der Waals surface area contributed by atoms with Crippen LogP contribution in [0.25, 0.3) is 6.08 Å². The number of rotatable bonds is 6. The maximum absolute atomic E-state index is 10.3. The van der Waals surface area contributed by atoms with Gasteiger partial charge in [0.25, 0.3) is 0 Å². The molecule has 0 aliphatic rings. The summed E-state index contributed by atoms with van der Waals surface area (Å²) in [6.45, 7) is -0.0577. The van der Waals surface area contributed by atoms with Gasteiger partial charge < -0.3 is 14.5 Å². The van der Waals surface area contributed by atoms with Crippen LogP contribution in [0.2, 0.25) is 0 Å². The Balaban J connectivity index is 2.17. The molecule has 0 aromatic heterocycles. The SMILES string of the molecule is O=P(O)(O)OCCOC=Cc1ccccc1. The van der Waals surface area contributed by atoms with Gasteiger partial charge in [-0.3, -0.25) is 4.52 Å². The molecular formula is C10H13O5P. The van der Waals surface area contributed by atoms with E-state index in [-0.39, 0.29) is 13.2 Å². The summed E-state index contributed by atoms with van der Waals surface area (Å²) in [5.41, 5.74) is 0.985. The monoisotopic (exact) mass is 244 g/mol. The number of phosphoric acid groups is 1. The number of hydrogen-bond donors (Lipinski definition) is 2. The minimum atomic E-state index is -4.38. The quantitative estimate of drug-likeness (QED) is 0.453. The predicted molar refractivity (Wildman–Crippen MR) is 59.4 cm³/mol. The third-order valence-electron chi connectivity index (χ3n) is 1.62. The molecule has 0 saturated carbocycles. The highest BCUT2D eigenvalue weighted by molar-refractivity contribution is 7.46. The molecule has 0 spiro atoms. The summed E-state index contributed by atoms with van der Waals surface area (Å²) in [5.74, 6) is 0. The fraction of sp³-hybridized carbons (Fsp3) is 0.200. The number of benzene rings is 1. The van der Waals surface area contributed by atoms with Crippen molar-refractivity contribution in [1.29, 1.82) is 0 Å². The number of phosphoric ester groups is 1. The van der Waals surface area contributed by atoms with E-state index in [9.17, 15) is 4.57 Å². The minimum absolute atomic E-state index is 0.0917. The molecule has 0 aliphatic carbocycles. The summed E-state index contributed by atoms with van der Waals surface area (Å²) < 4.78 is 19.5. The standard InChI is InChI=1S/C10H13O5P/c11-16(12,13)15-9-8-14-7-6-10-4-2-1-3-5-10/h1-7H,8-9H2,(H2,11,12,13). The van der Waals surface area contributed by atoms with Crippen LogP contribution in [0.4, 0.5) is 0 Å². The van der Waals surface area contributed by atoms with Gasteiger partial charge in [0.15, 0.2) is 0 Å². The molecule has 0 aliphatic heterocycles. The van der Waals surface area contributed by atoms with Crippen LogP contribution in [0.5, 0.6) is 0 Å². The third-order valence-corrected chi connectivity index (χ3v) is 2.14. The molecule has 1 aromatic carbocycles. The van der Waals surface area contributed by atoms with Crippen molar-refractivity contribution in [3.05, 3.63) is 42.2 Å².